The van der Waals surface area contributed by atoms with E-state index in [9.17, 15) is 22.8 Å². The Bertz CT molecular complexity index is 938. The van der Waals surface area contributed by atoms with Gasteiger partial charge in [-0.15, -0.1) is 0 Å². The van der Waals surface area contributed by atoms with E-state index in [4.69, 9.17) is 0 Å². The number of carbonyl (C=O) groups excluding carboxylic acids is 2. The predicted molar refractivity (Wildman–Crippen MR) is 100 cm³/mol. The number of nitrogens with zero attached hydrogens (tertiary/aromatic N) is 2. The number of nitrogens with one attached hydrogen (secondary N) is 1. The van der Waals surface area contributed by atoms with Gasteiger partial charge in [-0.25, -0.2) is 13.2 Å². The number of hydrogen-bond acceptors (Lipinski definition) is 3. The van der Waals surface area contributed by atoms with Gasteiger partial charge in [0.25, 0.3) is 11.8 Å². The molecule has 2 aliphatic rings. The number of alkyl halides is 2. The Kier molecular flexibility index (Phi) is 4.80. The minimum absolute atomic E-state index is 0.117. The summed E-state index contributed by atoms with van der Waals surface area (Å²) in [6, 6.07) is 9.48. The monoisotopic (exact) mass is 403 g/mol. The molecule has 1 unspecified atom stereocenters. The molecule has 1 aromatic carbocycles. The molecule has 2 aromatic rings. The maximum absolute atomic E-state index is 14.6. The number of halogens is 3. The van der Waals surface area contributed by atoms with Crippen LogP contribution in [0.25, 0.3) is 0 Å². The van der Waals surface area contributed by atoms with E-state index in [0.717, 1.165) is 0 Å². The Morgan fingerprint density at radius 2 is 2.00 bits per heavy atom. The first kappa shape index (κ1) is 19.4. The molecule has 1 aliphatic carbocycles. The summed E-state index contributed by atoms with van der Waals surface area (Å²) >= 11 is 0. The first-order valence-corrected chi connectivity index (χ1v) is 9.45. The maximum Gasteiger partial charge on any atom is 0.270 e. The highest BCUT2D eigenvalue weighted by Gasteiger charge is 2.57. The van der Waals surface area contributed by atoms with E-state index < -0.39 is 47.9 Å². The molecule has 1 spiro atoms. The van der Waals surface area contributed by atoms with E-state index in [0.29, 0.717) is 5.69 Å². The number of carbonyl (C=O) groups is 2. The minimum atomic E-state index is -3.09. The van der Waals surface area contributed by atoms with Crippen LogP contribution in [0.4, 0.5) is 18.9 Å². The minimum Gasteiger partial charge on any atom is -0.348 e. The van der Waals surface area contributed by atoms with Crippen LogP contribution in [0.2, 0.25) is 0 Å². The van der Waals surface area contributed by atoms with E-state index in [1.54, 1.807) is 18.2 Å². The normalized spacial score (nSPS) is 26.0. The lowest BCUT2D eigenvalue weighted by molar-refractivity contribution is -0.140. The van der Waals surface area contributed by atoms with E-state index in [2.05, 4.69) is 10.3 Å². The van der Waals surface area contributed by atoms with Crippen molar-refractivity contribution in [2.24, 2.45) is 5.41 Å². The zero-order valence-electron chi connectivity index (χ0n) is 15.6. The van der Waals surface area contributed by atoms with Gasteiger partial charge < -0.3 is 10.2 Å². The van der Waals surface area contributed by atoms with Crippen LogP contribution >= 0.6 is 0 Å². The molecule has 4 rings (SSSR count). The number of pyridine rings is 1. The third-order valence-corrected chi connectivity index (χ3v) is 5.64. The first-order chi connectivity index (χ1) is 13.8. The van der Waals surface area contributed by atoms with Crippen molar-refractivity contribution >= 4 is 17.5 Å². The van der Waals surface area contributed by atoms with Crippen LogP contribution in [0.15, 0.2) is 48.7 Å². The Labute approximate surface area is 165 Å². The van der Waals surface area contributed by atoms with Gasteiger partial charge in [-0.3, -0.25) is 14.6 Å². The molecule has 1 aromatic heterocycles. The zero-order chi connectivity index (χ0) is 20.6. The summed E-state index contributed by atoms with van der Waals surface area (Å²) in [7, 11) is 0. The quantitative estimate of drug-likeness (QED) is 0.853. The van der Waals surface area contributed by atoms with Crippen LogP contribution in [0.1, 0.15) is 36.2 Å². The second-order valence-corrected chi connectivity index (χ2v) is 7.79. The lowest BCUT2D eigenvalue weighted by atomic mass is 9.69. The lowest BCUT2D eigenvalue weighted by Crippen LogP contribution is -2.52. The van der Waals surface area contributed by atoms with Gasteiger partial charge in [0.2, 0.25) is 5.91 Å². The molecule has 1 N–H and O–H groups in total. The van der Waals surface area contributed by atoms with Crippen LogP contribution in [0, 0.1) is 11.2 Å². The zero-order valence-corrected chi connectivity index (χ0v) is 15.6. The molecule has 1 saturated carbocycles. The smallest absolute Gasteiger partial charge is 0.270 e. The number of anilines is 1. The molecular formula is C21H20F3N3O2. The van der Waals surface area contributed by atoms with Crippen LogP contribution in [0.3, 0.4) is 0 Å². The molecule has 152 valence electrons. The second kappa shape index (κ2) is 7.17. The topological polar surface area (TPSA) is 62.3 Å². The van der Waals surface area contributed by atoms with Crippen LogP contribution in [-0.2, 0) is 4.79 Å². The standard InChI is InChI=1S/C21H20F3N3O2/c22-14-4-3-5-16(10-14)27-9-7-20(19(27)29)11-15(12-21(23,24)13-20)26-18(28)17-6-1-2-8-25-17/h1-6,8,10,15H,7,9,11-13H2,(H,26,28)/t15-,20?/m0/s1. The van der Waals surface area contributed by atoms with Crippen molar-refractivity contribution < 1.29 is 22.8 Å². The molecule has 2 atom stereocenters. The molecule has 29 heavy (non-hydrogen) atoms. The van der Waals surface area contributed by atoms with Crippen molar-refractivity contribution in [2.45, 2.75) is 37.6 Å². The lowest BCUT2D eigenvalue weighted by Gasteiger charge is -2.41. The summed E-state index contributed by atoms with van der Waals surface area (Å²) in [6.07, 6.45) is 0.699. The van der Waals surface area contributed by atoms with Gasteiger partial charge >= 0.3 is 0 Å². The molecule has 1 aliphatic heterocycles. The molecule has 2 heterocycles. The van der Waals surface area contributed by atoms with Gasteiger partial charge in [0.05, 0.1) is 5.41 Å². The SMILES string of the molecule is O=C(N[C@@H]1CC(F)(F)CC2(CCN(c3cccc(F)c3)C2=O)C1)c1ccccn1. The molecule has 0 radical (unpaired) electrons. The number of benzene rings is 1. The molecule has 8 heteroatoms. The number of hydrogen-bond donors (Lipinski definition) is 1. The Balaban J connectivity index is 1.55. The average Bonchev–Trinajstić information content (AvgIpc) is 2.96. The Morgan fingerprint density at radius 3 is 2.72 bits per heavy atom. The highest BCUT2D eigenvalue weighted by Crippen LogP contribution is 2.51. The highest BCUT2D eigenvalue weighted by molar-refractivity contribution is 6.00. The van der Waals surface area contributed by atoms with Crippen LogP contribution in [0.5, 0.6) is 0 Å². The van der Waals surface area contributed by atoms with Crippen molar-refractivity contribution in [3.8, 4) is 0 Å². The highest BCUT2D eigenvalue weighted by atomic mass is 19.3. The summed E-state index contributed by atoms with van der Waals surface area (Å²) in [5.41, 5.74) is -0.791. The summed E-state index contributed by atoms with van der Waals surface area (Å²) in [6.45, 7) is 0.235. The van der Waals surface area contributed by atoms with Gasteiger partial charge in [-0.05, 0) is 43.2 Å². The van der Waals surface area contributed by atoms with Crippen LogP contribution in [-0.4, -0.2) is 35.3 Å². The van der Waals surface area contributed by atoms with Gasteiger partial charge in [0, 0.05) is 37.3 Å². The number of aromatic nitrogens is 1. The summed E-state index contributed by atoms with van der Waals surface area (Å²) in [5.74, 6) is -4.57. The van der Waals surface area contributed by atoms with E-state index in [1.165, 1.54) is 35.4 Å². The fourth-order valence-corrected chi connectivity index (χ4v) is 4.47. The van der Waals surface area contributed by atoms with Gasteiger partial charge in [-0.1, -0.05) is 12.1 Å². The third-order valence-electron chi connectivity index (χ3n) is 5.64. The van der Waals surface area contributed by atoms with Crippen molar-refractivity contribution in [3.63, 3.8) is 0 Å². The van der Waals surface area contributed by atoms with Crippen LogP contribution < -0.4 is 10.2 Å². The summed E-state index contributed by atoms with van der Waals surface area (Å²) < 4.78 is 42.7. The maximum atomic E-state index is 14.6. The van der Waals surface area contributed by atoms with Gasteiger partial charge in [-0.2, -0.15) is 0 Å². The Morgan fingerprint density at radius 1 is 1.17 bits per heavy atom. The van der Waals surface area contributed by atoms with E-state index in [-0.39, 0.29) is 25.1 Å². The van der Waals surface area contributed by atoms with E-state index >= 15 is 0 Å². The predicted octanol–water partition coefficient (Wildman–Crippen LogP) is 3.56. The molecule has 2 amide bonds. The first-order valence-electron chi connectivity index (χ1n) is 9.45. The molecule has 0 bridgehead atoms. The molecule has 5 nitrogen and oxygen atoms in total. The van der Waals surface area contributed by atoms with E-state index in [1.807, 2.05) is 0 Å². The molecular weight excluding hydrogens is 383 g/mol. The largest absolute Gasteiger partial charge is 0.348 e. The van der Waals surface area contributed by atoms with Gasteiger partial charge in [0.1, 0.15) is 11.5 Å². The number of amides is 2. The van der Waals surface area contributed by atoms with Gasteiger partial charge in [0.15, 0.2) is 0 Å². The summed E-state index contributed by atoms with van der Waals surface area (Å²) in [4.78, 5) is 30.8. The van der Waals surface area contributed by atoms with Crippen molar-refractivity contribution in [1.82, 2.24) is 10.3 Å². The number of rotatable bonds is 3. The third kappa shape index (κ3) is 3.83. The Hall–Kier alpha value is -2.90. The van der Waals surface area contributed by atoms with Crippen molar-refractivity contribution in [3.05, 3.63) is 60.2 Å². The van der Waals surface area contributed by atoms with Crippen molar-refractivity contribution in [2.75, 3.05) is 11.4 Å². The second-order valence-electron chi connectivity index (χ2n) is 7.79. The fraction of sp³-hybridized carbons (Fsp3) is 0.381. The van der Waals surface area contributed by atoms with Crippen molar-refractivity contribution in [1.29, 1.82) is 0 Å². The average molecular weight is 403 g/mol. The fourth-order valence-electron chi connectivity index (χ4n) is 4.47. The molecule has 2 fully saturated rings. The summed E-state index contributed by atoms with van der Waals surface area (Å²) in [5, 5.41) is 2.61. The molecule has 1 saturated heterocycles.